The first-order chi connectivity index (χ1) is 6.79. The standard InChI is InChI=1S/C11H12BrF3/c1-10(2,11(13,14)15)9-5-3-8(7-12)4-6-9/h3-6H,7H2,1-2H3. The van der Waals surface area contributed by atoms with Crippen LogP contribution in [0.25, 0.3) is 0 Å². The zero-order valence-corrected chi connectivity index (χ0v) is 10.1. The third-order valence-electron chi connectivity index (χ3n) is 2.54. The molecule has 0 fully saturated rings. The Morgan fingerprint density at radius 1 is 1.07 bits per heavy atom. The van der Waals surface area contributed by atoms with Crippen molar-refractivity contribution in [2.24, 2.45) is 0 Å². The zero-order valence-electron chi connectivity index (χ0n) is 8.53. The summed E-state index contributed by atoms with van der Waals surface area (Å²) in [4.78, 5) is 0. The molecule has 4 heteroatoms. The number of alkyl halides is 4. The molecule has 15 heavy (non-hydrogen) atoms. The lowest BCUT2D eigenvalue weighted by Crippen LogP contribution is -2.36. The Morgan fingerprint density at radius 2 is 1.53 bits per heavy atom. The monoisotopic (exact) mass is 280 g/mol. The zero-order chi connectivity index (χ0) is 11.7. The molecule has 0 bridgehead atoms. The summed E-state index contributed by atoms with van der Waals surface area (Å²) in [6.45, 7) is 2.38. The van der Waals surface area contributed by atoms with Crippen LogP contribution in [0.2, 0.25) is 0 Å². The van der Waals surface area contributed by atoms with Crippen LogP contribution in [0, 0.1) is 0 Å². The van der Waals surface area contributed by atoms with Crippen LogP contribution in [0.4, 0.5) is 13.2 Å². The summed E-state index contributed by atoms with van der Waals surface area (Å²) in [5.74, 6) is 0. The molecule has 0 nitrogen and oxygen atoms in total. The van der Waals surface area contributed by atoms with Crippen molar-refractivity contribution in [3.05, 3.63) is 35.4 Å². The smallest absolute Gasteiger partial charge is 0.170 e. The van der Waals surface area contributed by atoms with Gasteiger partial charge < -0.3 is 0 Å². The number of rotatable bonds is 2. The van der Waals surface area contributed by atoms with Crippen LogP contribution in [0.1, 0.15) is 25.0 Å². The van der Waals surface area contributed by atoms with E-state index in [-0.39, 0.29) is 0 Å². The van der Waals surface area contributed by atoms with Gasteiger partial charge in [0, 0.05) is 5.33 Å². The van der Waals surface area contributed by atoms with E-state index < -0.39 is 11.6 Å². The average Bonchev–Trinajstić information content (AvgIpc) is 2.16. The largest absolute Gasteiger partial charge is 0.397 e. The average molecular weight is 281 g/mol. The first kappa shape index (κ1) is 12.6. The van der Waals surface area contributed by atoms with E-state index in [1.54, 1.807) is 12.1 Å². The van der Waals surface area contributed by atoms with Crippen LogP contribution in [-0.4, -0.2) is 6.18 Å². The summed E-state index contributed by atoms with van der Waals surface area (Å²) in [5.41, 5.74) is -0.533. The topological polar surface area (TPSA) is 0 Å². The molecule has 0 amide bonds. The lowest BCUT2D eigenvalue weighted by molar-refractivity contribution is -0.180. The maximum Gasteiger partial charge on any atom is 0.397 e. The van der Waals surface area contributed by atoms with Gasteiger partial charge in [0.2, 0.25) is 0 Å². The van der Waals surface area contributed by atoms with E-state index >= 15 is 0 Å². The van der Waals surface area contributed by atoms with Gasteiger partial charge in [0.05, 0.1) is 5.41 Å². The molecule has 0 radical (unpaired) electrons. The van der Waals surface area contributed by atoms with E-state index in [2.05, 4.69) is 15.9 Å². The van der Waals surface area contributed by atoms with Crippen molar-refractivity contribution >= 4 is 15.9 Å². The van der Waals surface area contributed by atoms with Gasteiger partial charge in [-0.3, -0.25) is 0 Å². The number of halogens is 4. The van der Waals surface area contributed by atoms with E-state index in [9.17, 15) is 13.2 Å². The summed E-state index contributed by atoms with van der Waals surface area (Å²) in [5, 5.41) is 0.653. The Kier molecular flexibility index (Phi) is 3.48. The van der Waals surface area contributed by atoms with Crippen molar-refractivity contribution < 1.29 is 13.2 Å². The Hall–Kier alpha value is -0.510. The van der Waals surface area contributed by atoms with Gasteiger partial charge in [0.15, 0.2) is 0 Å². The highest BCUT2D eigenvalue weighted by Gasteiger charge is 2.48. The minimum Gasteiger partial charge on any atom is -0.170 e. The van der Waals surface area contributed by atoms with Crippen LogP contribution >= 0.6 is 15.9 Å². The van der Waals surface area contributed by atoms with Crippen molar-refractivity contribution in [1.82, 2.24) is 0 Å². The molecule has 0 saturated carbocycles. The Morgan fingerprint density at radius 3 is 1.87 bits per heavy atom. The minimum atomic E-state index is -4.22. The van der Waals surface area contributed by atoms with E-state index in [0.717, 1.165) is 5.56 Å². The lowest BCUT2D eigenvalue weighted by atomic mass is 9.84. The number of hydrogen-bond donors (Lipinski definition) is 0. The third-order valence-corrected chi connectivity index (χ3v) is 3.19. The van der Waals surface area contributed by atoms with Crippen molar-refractivity contribution in [3.63, 3.8) is 0 Å². The molecule has 0 spiro atoms. The summed E-state index contributed by atoms with van der Waals surface area (Å²) >= 11 is 3.25. The van der Waals surface area contributed by atoms with E-state index in [1.807, 2.05) is 0 Å². The Balaban J connectivity index is 3.06. The first-order valence-electron chi connectivity index (χ1n) is 4.51. The maximum atomic E-state index is 12.7. The first-order valence-corrected chi connectivity index (χ1v) is 5.63. The van der Waals surface area contributed by atoms with E-state index in [0.29, 0.717) is 10.9 Å². The fourth-order valence-electron chi connectivity index (χ4n) is 1.17. The quantitative estimate of drug-likeness (QED) is 0.704. The van der Waals surface area contributed by atoms with Gasteiger partial charge in [-0.15, -0.1) is 0 Å². The van der Waals surface area contributed by atoms with Crippen molar-refractivity contribution in [2.45, 2.75) is 30.8 Å². The van der Waals surface area contributed by atoms with Gasteiger partial charge in [-0.2, -0.15) is 13.2 Å². The Bertz CT molecular complexity index is 325. The van der Waals surface area contributed by atoms with Crippen molar-refractivity contribution in [3.8, 4) is 0 Å². The highest BCUT2D eigenvalue weighted by Crippen LogP contribution is 2.40. The summed E-state index contributed by atoms with van der Waals surface area (Å²) in [7, 11) is 0. The normalized spacial score (nSPS) is 12.9. The highest BCUT2D eigenvalue weighted by molar-refractivity contribution is 9.08. The van der Waals surface area contributed by atoms with Gasteiger partial charge in [-0.25, -0.2) is 0 Å². The molecule has 0 aliphatic heterocycles. The van der Waals surface area contributed by atoms with Gasteiger partial charge >= 0.3 is 6.18 Å². The van der Waals surface area contributed by atoms with Gasteiger partial charge in [0.25, 0.3) is 0 Å². The maximum absolute atomic E-state index is 12.7. The molecular weight excluding hydrogens is 269 g/mol. The van der Waals surface area contributed by atoms with Crippen LogP contribution in [-0.2, 0) is 10.7 Å². The molecule has 0 saturated heterocycles. The molecule has 84 valence electrons. The molecule has 0 unspecified atom stereocenters. The SMILES string of the molecule is CC(C)(c1ccc(CBr)cc1)C(F)(F)F. The van der Waals surface area contributed by atoms with Crippen LogP contribution < -0.4 is 0 Å². The highest BCUT2D eigenvalue weighted by atomic mass is 79.9. The fraction of sp³-hybridized carbons (Fsp3) is 0.455. The van der Waals surface area contributed by atoms with Gasteiger partial charge in [-0.05, 0) is 25.0 Å². The molecule has 0 atom stereocenters. The molecule has 1 aromatic rings. The summed E-state index contributed by atoms with van der Waals surface area (Å²) in [6.07, 6.45) is -4.22. The summed E-state index contributed by atoms with van der Waals surface area (Å²) in [6, 6.07) is 6.48. The number of hydrogen-bond acceptors (Lipinski definition) is 0. The molecule has 0 aliphatic rings. The fourth-order valence-corrected chi connectivity index (χ4v) is 1.55. The predicted molar refractivity (Wildman–Crippen MR) is 58.2 cm³/mol. The predicted octanol–water partition coefficient (Wildman–Crippen LogP) is 4.42. The van der Waals surface area contributed by atoms with Crippen LogP contribution in [0.3, 0.4) is 0 Å². The van der Waals surface area contributed by atoms with Crippen molar-refractivity contribution in [1.29, 1.82) is 0 Å². The molecule has 1 aromatic carbocycles. The number of benzene rings is 1. The second kappa shape index (κ2) is 4.16. The van der Waals surface area contributed by atoms with Gasteiger partial charge in [-0.1, -0.05) is 40.2 Å². The van der Waals surface area contributed by atoms with E-state index in [1.165, 1.54) is 26.0 Å². The molecule has 1 rings (SSSR count). The molecule has 0 N–H and O–H groups in total. The second-order valence-corrected chi connectivity index (χ2v) is 4.51. The van der Waals surface area contributed by atoms with Crippen LogP contribution in [0.5, 0.6) is 0 Å². The van der Waals surface area contributed by atoms with Crippen molar-refractivity contribution in [2.75, 3.05) is 0 Å². The molecule has 0 heterocycles. The molecular formula is C11H12BrF3. The molecule has 0 aromatic heterocycles. The van der Waals surface area contributed by atoms with E-state index in [4.69, 9.17) is 0 Å². The van der Waals surface area contributed by atoms with Gasteiger partial charge in [0.1, 0.15) is 0 Å². The second-order valence-electron chi connectivity index (χ2n) is 3.95. The Labute approximate surface area is 95.6 Å². The third kappa shape index (κ3) is 2.54. The van der Waals surface area contributed by atoms with Crippen LogP contribution in [0.15, 0.2) is 24.3 Å². The minimum absolute atomic E-state index is 0.291. The summed E-state index contributed by atoms with van der Waals surface area (Å²) < 4.78 is 38.1. The lowest BCUT2D eigenvalue weighted by Gasteiger charge is -2.28. The molecule has 0 aliphatic carbocycles.